The molecular weight excluding hydrogens is 274 g/mol. The number of benzene rings is 1. The number of thioether (sulfide) groups is 1. The molecule has 1 aliphatic heterocycles. The van der Waals surface area contributed by atoms with E-state index in [0.717, 1.165) is 35.7 Å². The van der Waals surface area contributed by atoms with Crippen molar-refractivity contribution in [1.29, 1.82) is 0 Å². The summed E-state index contributed by atoms with van der Waals surface area (Å²) in [5.74, 6) is 3.09. The molecule has 1 aromatic carbocycles. The van der Waals surface area contributed by atoms with Crippen molar-refractivity contribution in [3.63, 3.8) is 0 Å². The van der Waals surface area contributed by atoms with E-state index >= 15 is 0 Å². The maximum Gasteiger partial charge on any atom is 0.258 e. The van der Waals surface area contributed by atoms with Crippen LogP contribution in [-0.2, 0) is 11.2 Å². The van der Waals surface area contributed by atoms with Gasteiger partial charge in [-0.25, -0.2) is 0 Å². The minimum absolute atomic E-state index is 0.0621. The fourth-order valence-electron chi connectivity index (χ4n) is 2.21. The summed E-state index contributed by atoms with van der Waals surface area (Å²) < 4.78 is 11.1. The zero-order chi connectivity index (χ0) is 13.8. The van der Waals surface area contributed by atoms with Gasteiger partial charge in [0.2, 0.25) is 5.82 Å². The SMILES string of the molecule is NCCc1ccccc1-c1nc(C2CSCCO2)no1. The van der Waals surface area contributed by atoms with E-state index in [9.17, 15) is 0 Å². The lowest BCUT2D eigenvalue weighted by Gasteiger charge is -2.18. The number of nitrogens with zero attached hydrogens (tertiary/aromatic N) is 2. The van der Waals surface area contributed by atoms with Crippen molar-refractivity contribution in [2.75, 3.05) is 24.7 Å². The van der Waals surface area contributed by atoms with Crippen LogP contribution in [0.15, 0.2) is 28.8 Å². The van der Waals surface area contributed by atoms with Crippen LogP contribution < -0.4 is 5.73 Å². The molecule has 5 nitrogen and oxygen atoms in total. The fraction of sp³-hybridized carbons (Fsp3) is 0.429. The number of hydrogen-bond acceptors (Lipinski definition) is 6. The maximum absolute atomic E-state index is 5.67. The van der Waals surface area contributed by atoms with Crippen molar-refractivity contribution in [1.82, 2.24) is 10.1 Å². The molecule has 0 saturated carbocycles. The highest BCUT2D eigenvalue weighted by atomic mass is 32.2. The van der Waals surface area contributed by atoms with Gasteiger partial charge in [0.1, 0.15) is 6.10 Å². The Morgan fingerprint density at radius 3 is 3.05 bits per heavy atom. The first-order valence-electron chi connectivity index (χ1n) is 6.70. The monoisotopic (exact) mass is 291 g/mol. The van der Waals surface area contributed by atoms with E-state index in [1.165, 1.54) is 0 Å². The Morgan fingerprint density at radius 2 is 2.25 bits per heavy atom. The van der Waals surface area contributed by atoms with Crippen molar-refractivity contribution in [2.24, 2.45) is 5.73 Å². The molecule has 0 amide bonds. The molecule has 1 atom stereocenters. The summed E-state index contributed by atoms with van der Waals surface area (Å²) in [5, 5.41) is 4.06. The molecule has 6 heteroatoms. The zero-order valence-corrected chi connectivity index (χ0v) is 11.9. The summed E-state index contributed by atoms with van der Waals surface area (Å²) >= 11 is 1.85. The lowest BCUT2D eigenvalue weighted by molar-refractivity contribution is 0.0677. The highest BCUT2D eigenvalue weighted by molar-refractivity contribution is 7.99. The van der Waals surface area contributed by atoms with E-state index in [0.29, 0.717) is 18.3 Å². The zero-order valence-electron chi connectivity index (χ0n) is 11.1. The van der Waals surface area contributed by atoms with Gasteiger partial charge in [-0.3, -0.25) is 0 Å². The second-order valence-corrected chi connectivity index (χ2v) is 5.74. The fourth-order valence-corrected chi connectivity index (χ4v) is 3.05. The van der Waals surface area contributed by atoms with Crippen molar-refractivity contribution in [3.8, 4) is 11.5 Å². The van der Waals surface area contributed by atoms with Crippen molar-refractivity contribution in [3.05, 3.63) is 35.7 Å². The molecule has 0 spiro atoms. The molecular formula is C14H17N3O2S. The summed E-state index contributed by atoms with van der Waals surface area (Å²) in [6, 6.07) is 7.98. The van der Waals surface area contributed by atoms with Crippen molar-refractivity contribution < 1.29 is 9.26 Å². The molecule has 2 heterocycles. The van der Waals surface area contributed by atoms with Crippen LogP contribution in [0, 0.1) is 0 Å². The molecule has 1 aliphatic rings. The molecule has 20 heavy (non-hydrogen) atoms. The van der Waals surface area contributed by atoms with Gasteiger partial charge in [-0.1, -0.05) is 23.4 Å². The van der Waals surface area contributed by atoms with Crippen LogP contribution >= 0.6 is 11.8 Å². The average Bonchev–Trinajstić information content (AvgIpc) is 2.99. The molecule has 0 radical (unpaired) electrons. The van der Waals surface area contributed by atoms with Crippen molar-refractivity contribution in [2.45, 2.75) is 12.5 Å². The normalized spacial score (nSPS) is 19.1. The summed E-state index contributed by atoms with van der Waals surface area (Å²) in [6.45, 7) is 1.34. The summed E-state index contributed by atoms with van der Waals surface area (Å²) in [5.41, 5.74) is 7.73. The van der Waals surface area contributed by atoms with Crippen LogP contribution in [0.2, 0.25) is 0 Å². The van der Waals surface area contributed by atoms with E-state index in [1.807, 2.05) is 36.0 Å². The van der Waals surface area contributed by atoms with Crippen molar-refractivity contribution >= 4 is 11.8 Å². The number of hydrogen-bond donors (Lipinski definition) is 1. The molecule has 1 fully saturated rings. The summed E-state index contributed by atoms with van der Waals surface area (Å²) in [7, 11) is 0. The lowest BCUT2D eigenvalue weighted by Crippen LogP contribution is -2.16. The molecule has 1 unspecified atom stereocenters. The van der Waals surface area contributed by atoms with E-state index < -0.39 is 0 Å². The molecule has 106 valence electrons. The number of rotatable bonds is 4. The molecule has 2 N–H and O–H groups in total. The number of nitrogens with two attached hydrogens (primary N) is 1. The lowest BCUT2D eigenvalue weighted by atomic mass is 10.0. The first kappa shape index (κ1) is 13.6. The Hall–Kier alpha value is -1.37. The van der Waals surface area contributed by atoms with E-state index in [-0.39, 0.29) is 6.10 Å². The van der Waals surface area contributed by atoms with Gasteiger partial charge in [0.15, 0.2) is 0 Å². The first-order chi connectivity index (χ1) is 9.88. The average molecular weight is 291 g/mol. The number of aromatic nitrogens is 2. The van der Waals surface area contributed by atoms with Crippen LogP contribution in [0.3, 0.4) is 0 Å². The Balaban J connectivity index is 1.86. The predicted molar refractivity (Wildman–Crippen MR) is 78.5 cm³/mol. The highest BCUT2D eigenvalue weighted by Gasteiger charge is 2.23. The van der Waals surface area contributed by atoms with Crippen LogP contribution in [-0.4, -0.2) is 34.8 Å². The Kier molecular flexibility index (Phi) is 4.34. The molecule has 1 aromatic heterocycles. The van der Waals surface area contributed by atoms with Gasteiger partial charge >= 0.3 is 0 Å². The summed E-state index contributed by atoms with van der Waals surface area (Å²) in [4.78, 5) is 4.49. The first-order valence-corrected chi connectivity index (χ1v) is 7.85. The smallest absolute Gasteiger partial charge is 0.258 e. The van der Waals surface area contributed by atoms with Gasteiger partial charge in [-0.05, 0) is 24.6 Å². The molecule has 1 saturated heterocycles. The van der Waals surface area contributed by atoms with Gasteiger partial charge < -0.3 is 15.0 Å². The topological polar surface area (TPSA) is 74.2 Å². The van der Waals surface area contributed by atoms with Gasteiger partial charge in [0.05, 0.1) is 6.61 Å². The van der Waals surface area contributed by atoms with Gasteiger partial charge in [-0.15, -0.1) is 0 Å². The van der Waals surface area contributed by atoms with Crippen LogP contribution in [0.5, 0.6) is 0 Å². The third kappa shape index (κ3) is 2.87. The Bertz CT molecular complexity index is 567. The van der Waals surface area contributed by atoms with Gasteiger partial charge in [0, 0.05) is 17.1 Å². The molecule has 0 aliphatic carbocycles. The van der Waals surface area contributed by atoms with Crippen LogP contribution in [0.4, 0.5) is 0 Å². The highest BCUT2D eigenvalue weighted by Crippen LogP contribution is 2.28. The van der Waals surface area contributed by atoms with Gasteiger partial charge in [-0.2, -0.15) is 16.7 Å². The Morgan fingerprint density at radius 1 is 1.35 bits per heavy atom. The largest absolute Gasteiger partial charge is 0.368 e. The van der Waals surface area contributed by atoms with Gasteiger partial charge in [0.25, 0.3) is 5.89 Å². The van der Waals surface area contributed by atoms with E-state index in [1.54, 1.807) is 0 Å². The summed E-state index contributed by atoms with van der Waals surface area (Å²) in [6.07, 6.45) is 0.733. The minimum Gasteiger partial charge on any atom is -0.368 e. The van der Waals surface area contributed by atoms with Crippen LogP contribution in [0.25, 0.3) is 11.5 Å². The van der Waals surface area contributed by atoms with Crippen LogP contribution in [0.1, 0.15) is 17.5 Å². The predicted octanol–water partition coefficient (Wildman–Crippen LogP) is 2.04. The Labute approximate surface area is 121 Å². The third-order valence-electron chi connectivity index (χ3n) is 3.21. The molecule has 2 aromatic rings. The molecule has 0 bridgehead atoms. The maximum atomic E-state index is 5.67. The second kappa shape index (κ2) is 6.39. The van der Waals surface area contributed by atoms with E-state index in [4.69, 9.17) is 15.0 Å². The third-order valence-corrected chi connectivity index (χ3v) is 4.20. The second-order valence-electron chi connectivity index (χ2n) is 4.59. The standard InChI is InChI=1S/C14H17N3O2S/c15-6-5-10-3-1-2-4-11(10)14-16-13(17-19-14)12-9-20-8-7-18-12/h1-4,12H,5-9,15H2. The quantitative estimate of drug-likeness (QED) is 0.929. The van der Waals surface area contributed by atoms with E-state index in [2.05, 4.69) is 10.1 Å². The molecule has 3 rings (SSSR count). The minimum atomic E-state index is -0.0621. The number of ether oxygens (including phenoxy) is 1.